The molecule has 0 aliphatic heterocycles. The van der Waals surface area contributed by atoms with Gasteiger partial charge in [0.15, 0.2) is 0 Å². The lowest BCUT2D eigenvalue weighted by Crippen LogP contribution is -2.36. The number of urea groups is 1. The van der Waals surface area contributed by atoms with Gasteiger partial charge in [-0.05, 0) is 30.1 Å². The number of carbonyl (C=O) groups excluding carboxylic acids is 1. The van der Waals surface area contributed by atoms with Gasteiger partial charge in [-0.25, -0.2) is 10.2 Å². The Kier molecular flexibility index (Phi) is 3.07. The molecule has 1 rings (SSSR count). The summed E-state index contributed by atoms with van der Waals surface area (Å²) >= 11 is 0. The number of nitrogens with one attached hydrogen (secondary N) is 1. The molecule has 1 aliphatic carbocycles. The number of carbonyl (C=O) groups is 1. The standard InChI is InChI=1S/C11H21N3O/c1-10(2)5-8(13-14-9(12)15)6-11(3,4)7-10/h5-7H2,1-4H3,(H3,12,14,15). The minimum absolute atomic E-state index is 0.250. The number of rotatable bonds is 1. The normalized spacial score (nSPS) is 23.3. The van der Waals surface area contributed by atoms with E-state index in [2.05, 4.69) is 38.2 Å². The lowest BCUT2D eigenvalue weighted by molar-refractivity contribution is 0.181. The van der Waals surface area contributed by atoms with E-state index in [-0.39, 0.29) is 10.8 Å². The van der Waals surface area contributed by atoms with Crippen LogP contribution in [0.5, 0.6) is 0 Å². The van der Waals surface area contributed by atoms with Gasteiger partial charge in [-0.1, -0.05) is 27.7 Å². The second kappa shape index (κ2) is 3.83. The molecule has 1 aliphatic rings. The molecule has 2 amide bonds. The summed E-state index contributed by atoms with van der Waals surface area (Å²) in [4.78, 5) is 10.6. The predicted molar refractivity (Wildman–Crippen MR) is 61.6 cm³/mol. The Morgan fingerprint density at radius 3 is 2.13 bits per heavy atom. The van der Waals surface area contributed by atoms with E-state index in [1.54, 1.807) is 0 Å². The first-order valence-electron chi connectivity index (χ1n) is 5.31. The Morgan fingerprint density at radius 1 is 1.27 bits per heavy atom. The topological polar surface area (TPSA) is 67.5 Å². The molecule has 1 saturated carbocycles. The van der Waals surface area contributed by atoms with Crippen LogP contribution in [0.2, 0.25) is 0 Å². The van der Waals surface area contributed by atoms with E-state index >= 15 is 0 Å². The van der Waals surface area contributed by atoms with Crippen molar-refractivity contribution in [3.05, 3.63) is 0 Å². The van der Waals surface area contributed by atoms with Crippen molar-refractivity contribution in [3.8, 4) is 0 Å². The maximum Gasteiger partial charge on any atom is 0.332 e. The number of hydrogen-bond donors (Lipinski definition) is 2. The summed E-state index contributed by atoms with van der Waals surface area (Å²) in [5, 5.41) is 4.07. The lowest BCUT2D eigenvalue weighted by Gasteiger charge is -2.41. The van der Waals surface area contributed by atoms with E-state index in [4.69, 9.17) is 5.73 Å². The fourth-order valence-corrected chi connectivity index (χ4v) is 2.80. The molecule has 4 nitrogen and oxygen atoms in total. The summed E-state index contributed by atoms with van der Waals surface area (Å²) in [7, 11) is 0. The molecule has 0 aromatic heterocycles. The number of amides is 2. The van der Waals surface area contributed by atoms with Crippen LogP contribution in [0.25, 0.3) is 0 Å². The van der Waals surface area contributed by atoms with Crippen LogP contribution in [0, 0.1) is 10.8 Å². The molecule has 0 aromatic carbocycles. The maximum absolute atomic E-state index is 10.6. The Bertz CT molecular complexity index is 274. The van der Waals surface area contributed by atoms with Gasteiger partial charge < -0.3 is 5.73 Å². The van der Waals surface area contributed by atoms with Gasteiger partial charge in [0, 0.05) is 5.71 Å². The molecule has 1 fully saturated rings. The van der Waals surface area contributed by atoms with Crippen LogP contribution in [0.3, 0.4) is 0 Å². The highest BCUT2D eigenvalue weighted by Gasteiger charge is 2.36. The quantitative estimate of drug-likeness (QED) is 0.642. The third-order valence-corrected chi connectivity index (χ3v) is 2.65. The first-order valence-corrected chi connectivity index (χ1v) is 5.31. The van der Waals surface area contributed by atoms with Gasteiger partial charge in [0.1, 0.15) is 0 Å². The summed E-state index contributed by atoms with van der Waals surface area (Å²) in [6.45, 7) is 8.92. The fraction of sp³-hybridized carbons (Fsp3) is 0.818. The van der Waals surface area contributed by atoms with E-state index in [0.29, 0.717) is 0 Å². The van der Waals surface area contributed by atoms with Crippen molar-refractivity contribution >= 4 is 11.7 Å². The summed E-state index contributed by atoms with van der Waals surface area (Å²) in [6, 6.07) is -0.594. The number of primary amides is 1. The second-order valence-electron chi connectivity index (χ2n) is 6.01. The van der Waals surface area contributed by atoms with E-state index in [1.165, 1.54) is 6.42 Å². The zero-order valence-corrected chi connectivity index (χ0v) is 10.1. The monoisotopic (exact) mass is 211 g/mol. The molecule has 0 unspecified atom stereocenters. The molecular weight excluding hydrogens is 190 g/mol. The first-order chi connectivity index (χ1) is 6.70. The maximum atomic E-state index is 10.6. The van der Waals surface area contributed by atoms with Crippen LogP contribution in [-0.2, 0) is 0 Å². The average molecular weight is 211 g/mol. The van der Waals surface area contributed by atoms with Gasteiger partial charge in [-0.15, -0.1) is 0 Å². The lowest BCUT2D eigenvalue weighted by atomic mass is 9.65. The summed E-state index contributed by atoms with van der Waals surface area (Å²) in [5.74, 6) is 0. The highest BCUT2D eigenvalue weighted by molar-refractivity contribution is 5.87. The Balaban J connectivity index is 2.75. The molecule has 0 spiro atoms. The molecule has 4 heteroatoms. The third-order valence-electron chi connectivity index (χ3n) is 2.65. The molecular formula is C11H21N3O. The summed E-state index contributed by atoms with van der Waals surface area (Å²) < 4.78 is 0. The largest absolute Gasteiger partial charge is 0.350 e. The second-order valence-corrected chi connectivity index (χ2v) is 6.01. The van der Waals surface area contributed by atoms with Crippen molar-refractivity contribution in [1.29, 1.82) is 0 Å². The number of nitrogens with zero attached hydrogens (tertiary/aromatic N) is 1. The zero-order chi connectivity index (χ0) is 11.7. The van der Waals surface area contributed by atoms with Gasteiger partial charge >= 0.3 is 6.03 Å². The molecule has 15 heavy (non-hydrogen) atoms. The van der Waals surface area contributed by atoms with Gasteiger partial charge in [-0.2, -0.15) is 5.10 Å². The molecule has 0 aromatic rings. The fourth-order valence-electron chi connectivity index (χ4n) is 2.80. The minimum Gasteiger partial charge on any atom is -0.350 e. The highest BCUT2D eigenvalue weighted by Crippen LogP contribution is 2.44. The Labute approximate surface area is 91.3 Å². The van der Waals surface area contributed by atoms with Gasteiger partial charge in [0.05, 0.1) is 0 Å². The van der Waals surface area contributed by atoms with Gasteiger partial charge in [0.25, 0.3) is 0 Å². The summed E-state index contributed by atoms with van der Waals surface area (Å²) in [5.41, 5.74) is 8.84. The molecule has 0 saturated heterocycles. The van der Waals surface area contributed by atoms with Crippen molar-refractivity contribution in [3.63, 3.8) is 0 Å². The predicted octanol–water partition coefficient (Wildman–Crippen LogP) is 2.25. The molecule has 0 heterocycles. The van der Waals surface area contributed by atoms with Crippen molar-refractivity contribution < 1.29 is 4.79 Å². The van der Waals surface area contributed by atoms with Crippen LogP contribution < -0.4 is 11.2 Å². The Hall–Kier alpha value is -1.06. The molecule has 86 valence electrons. The molecule has 0 bridgehead atoms. The van der Waals surface area contributed by atoms with Crippen molar-refractivity contribution in [2.75, 3.05) is 0 Å². The third kappa shape index (κ3) is 3.90. The smallest absolute Gasteiger partial charge is 0.332 e. The van der Waals surface area contributed by atoms with E-state index in [1.807, 2.05) is 0 Å². The van der Waals surface area contributed by atoms with Crippen LogP contribution in [0.4, 0.5) is 4.79 Å². The van der Waals surface area contributed by atoms with Crippen molar-refractivity contribution in [2.24, 2.45) is 21.7 Å². The van der Waals surface area contributed by atoms with Crippen LogP contribution in [0.15, 0.2) is 5.10 Å². The van der Waals surface area contributed by atoms with Crippen LogP contribution in [-0.4, -0.2) is 11.7 Å². The number of hydrogen-bond acceptors (Lipinski definition) is 2. The molecule has 0 radical (unpaired) electrons. The molecule has 0 atom stereocenters. The SMILES string of the molecule is CC1(C)CC(=NNC(N)=O)CC(C)(C)C1. The van der Waals surface area contributed by atoms with Crippen LogP contribution in [0.1, 0.15) is 47.0 Å². The van der Waals surface area contributed by atoms with Gasteiger partial charge in [-0.3, -0.25) is 0 Å². The van der Waals surface area contributed by atoms with Crippen molar-refractivity contribution in [2.45, 2.75) is 47.0 Å². The number of hydrazone groups is 1. The first kappa shape index (κ1) is 12.0. The Morgan fingerprint density at radius 2 is 1.73 bits per heavy atom. The van der Waals surface area contributed by atoms with E-state index < -0.39 is 6.03 Å². The minimum atomic E-state index is -0.594. The average Bonchev–Trinajstić information content (AvgIpc) is 1.94. The van der Waals surface area contributed by atoms with E-state index in [0.717, 1.165) is 18.6 Å². The van der Waals surface area contributed by atoms with Crippen molar-refractivity contribution in [1.82, 2.24) is 5.43 Å². The highest BCUT2D eigenvalue weighted by atomic mass is 16.2. The number of nitrogens with two attached hydrogens (primary N) is 1. The van der Waals surface area contributed by atoms with Crippen LogP contribution >= 0.6 is 0 Å². The summed E-state index contributed by atoms with van der Waals surface area (Å²) in [6.07, 6.45) is 3.03. The van der Waals surface area contributed by atoms with Gasteiger partial charge in [0.2, 0.25) is 0 Å². The zero-order valence-electron chi connectivity index (χ0n) is 10.1. The molecule has 3 N–H and O–H groups in total. The van der Waals surface area contributed by atoms with E-state index in [9.17, 15) is 4.79 Å².